The second-order valence-electron chi connectivity index (χ2n) is 7.55. The van der Waals surface area contributed by atoms with Gasteiger partial charge >= 0.3 is 0 Å². The third kappa shape index (κ3) is 2.28. The maximum Gasteiger partial charge on any atom is 0.245 e. The fraction of sp³-hybridized carbons (Fsp3) is 0.381. The molecule has 0 radical (unpaired) electrons. The summed E-state index contributed by atoms with van der Waals surface area (Å²) in [5.41, 5.74) is 5.12. The van der Waals surface area contributed by atoms with Crippen LogP contribution in [0.3, 0.4) is 0 Å². The molecule has 0 aliphatic carbocycles. The van der Waals surface area contributed by atoms with E-state index < -0.39 is 0 Å². The number of benzene rings is 2. The highest BCUT2D eigenvalue weighted by Crippen LogP contribution is 2.42. The topological polar surface area (TPSA) is 6.25 Å². The van der Waals surface area contributed by atoms with Crippen LogP contribution in [0.25, 0.3) is 0 Å². The van der Waals surface area contributed by atoms with Crippen LogP contribution in [0.5, 0.6) is 0 Å². The van der Waals surface area contributed by atoms with Gasteiger partial charge in [0.2, 0.25) is 6.34 Å². The number of aryl methyl sites for hydroxylation is 2. The molecule has 0 unspecified atom stereocenters. The fourth-order valence-corrected chi connectivity index (χ4v) is 3.39. The second kappa shape index (κ2) is 5.23. The van der Waals surface area contributed by atoms with Gasteiger partial charge in [-0.15, -0.1) is 0 Å². The van der Waals surface area contributed by atoms with Crippen molar-refractivity contribution in [2.75, 3.05) is 4.90 Å². The third-order valence-electron chi connectivity index (χ3n) is 5.68. The number of anilines is 1. The number of nitrogens with zero attached hydrogens (tertiary/aromatic N) is 2. The van der Waals surface area contributed by atoms with E-state index in [-0.39, 0.29) is 11.1 Å². The van der Waals surface area contributed by atoms with E-state index in [1.165, 1.54) is 22.5 Å². The van der Waals surface area contributed by atoms with Gasteiger partial charge in [-0.3, -0.25) is 0 Å². The molecule has 0 saturated carbocycles. The summed E-state index contributed by atoms with van der Waals surface area (Å²) in [4.78, 5) is 2.43. The molecule has 0 bridgehead atoms. The Morgan fingerprint density at radius 2 is 1.35 bits per heavy atom. The van der Waals surface area contributed by atoms with Gasteiger partial charge in [0.05, 0.1) is 0 Å². The van der Waals surface area contributed by atoms with Crippen LogP contribution in [-0.2, 0) is 0 Å². The quantitative estimate of drug-likeness (QED) is 0.703. The summed E-state index contributed by atoms with van der Waals surface area (Å²) in [7, 11) is 0. The lowest BCUT2D eigenvalue weighted by atomic mass is 9.81. The Bertz CT molecular complexity index is 769. The molecular formula is C21H27N2+. The molecule has 0 saturated heterocycles. The summed E-state index contributed by atoms with van der Waals surface area (Å²) in [6.45, 7) is 13.7. The van der Waals surface area contributed by atoms with Crippen LogP contribution in [0.1, 0.15) is 38.8 Å². The first-order valence-corrected chi connectivity index (χ1v) is 8.32. The molecule has 2 aromatic carbocycles. The van der Waals surface area contributed by atoms with E-state index in [1.54, 1.807) is 0 Å². The predicted octanol–water partition coefficient (Wildman–Crippen LogP) is 5.05. The van der Waals surface area contributed by atoms with Crippen molar-refractivity contribution in [2.24, 2.45) is 0 Å². The van der Waals surface area contributed by atoms with E-state index in [4.69, 9.17) is 0 Å². The van der Waals surface area contributed by atoms with Gasteiger partial charge in [0, 0.05) is 0 Å². The summed E-state index contributed by atoms with van der Waals surface area (Å²) in [6.07, 6.45) is 2.28. The molecular weight excluding hydrogens is 280 g/mol. The Morgan fingerprint density at radius 3 is 1.96 bits per heavy atom. The molecule has 0 aromatic heterocycles. The highest BCUT2D eigenvalue weighted by molar-refractivity contribution is 5.83. The van der Waals surface area contributed by atoms with Crippen LogP contribution in [0.15, 0.2) is 48.5 Å². The molecule has 1 aliphatic heterocycles. The summed E-state index contributed by atoms with van der Waals surface area (Å²) in [5.74, 6) is 0. The minimum Gasteiger partial charge on any atom is -0.224 e. The zero-order valence-corrected chi connectivity index (χ0v) is 15.1. The van der Waals surface area contributed by atoms with Gasteiger partial charge in [-0.05, 0) is 64.8 Å². The molecule has 0 fully saturated rings. The Kier molecular flexibility index (Phi) is 3.59. The van der Waals surface area contributed by atoms with Crippen molar-refractivity contribution >= 4 is 17.7 Å². The summed E-state index contributed by atoms with van der Waals surface area (Å²) < 4.78 is 2.43. The first-order chi connectivity index (χ1) is 10.8. The van der Waals surface area contributed by atoms with Crippen molar-refractivity contribution in [1.82, 2.24) is 0 Å². The molecule has 2 heteroatoms. The smallest absolute Gasteiger partial charge is 0.224 e. The van der Waals surface area contributed by atoms with E-state index in [2.05, 4.69) is 106 Å². The minimum atomic E-state index is -0.0264. The van der Waals surface area contributed by atoms with Crippen molar-refractivity contribution in [2.45, 2.75) is 52.6 Å². The summed E-state index contributed by atoms with van der Waals surface area (Å²) in [5, 5.41) is 0. The normalized spacial score (nSPS) is 18.9. The molecule has 2 aromatic rings. The van der Waals surface area contributed by atoms with Crippen LogP contribution in [0.2, 0.25) is 0 Å². The SMILES string of the molecule is Cc1ccccc1N1C=[N+](c2ccccc2C)C(C)(C)C1(C)C. The van der Waals surface area contributed by atoms with Gasteiger partial charge in [-0.1, -0.05) is 36.4 Å². The van der Waals surface area contributed by atoms with E-state index in [0.717, 1.165) is 0 Å². The highest BCUT2D eigenvalue weighted by atomic mass is 15.4. The first kappa shape index (κ1) is 15.8. The Hall–Kier alpha value is -2.09. The molecule has 120 valence electrons. The molecule has 0 spiro atoms. The van der Waals surface area contributed by atoms with Crippen molar-refractivity contribution in [3.63, 3.8) is 0 Å². The van der Waals surface area contributed by atoms with Crippen LogP contribution in [0, 0.1) is 13.8 Å². The van der Waals surface area contributed by atoms with Gasteiger partial charge in [0.1, 0.15) is 22.5 Å². The summed E-state index contributed by atoms with van der Waals surface area (Å²) in [6, 6.07) is 17.2. The van der Waals surface area contributed by atoms with Crippen LogP contribution in [-0.4, -0.2) is 22.0 Å². The van der Waals surface area contributed by atoms with E-state index >= 15 is 0 Å². The minimum absolute atomic E-state index is 0.0264. The van der Waals surface area contributed by atoms with Crippen molar-refractivity contribution in [3.8, 4) is 0 Å². The van der Waals surface area contributed by atoms with Gasteiger partial charge in [0.25, 0.3) is 0 Å². The second-order valence-corrected chi connectivity index (χ2v) is 7.55. The largest absolute Gasteiger partial charge is 0.245 e. The lowest BCUT2D eigenvalue weighted by Gasteiger charge is -2.36. The fourth-order valence-electron chi connectivity index (χ4n) is 3.39. The van der Waals surface area contributed by atoms with Crippen molar-refractivity contribution in [3.05, 3.63) is 59.7 Å². The molecule has 0 N–H and O–H groups in total. The average molecular weight is 307 g/mol. The van der Waals surface area contributed by atoms with Crippen molar-refractivity contribution in [1.29, 1.82) is 0 Å². The van der Waals surface area contributed by atoms with Crippen molar-refractivity contribution < 1.29 is 4.58 Å². The Balaban J connectivity index is 2.19. The van der Waals surface area contributed by atoms with Crippen LogP contribution < -0.4 is 4.90 Å². The first-order valence-electron chi connectivity index (χ1n) is 8.32. The number of hydrogen-bond donors (Lipinski definition) is 0. The van der Waals surface area contributed by atoms with Gasteiger partial charge in [0.15, 0.2) is 0 Å². The van der Waals surface area contributed by atoms with Gasteiger partial charge < -0.3 is 0 Å². The number of hydrogen-bond acceptors (Lipinski definition) is 1. The van der Waals surface area contributed by atoms with Gasteiger partial charge in [-0.2, -0.15) is 0 Å². The lowest BCUT2D eigenvalue weighted by Crippen LogP contribution is -2.54. The molecule has 0 atom stereocenters. The number of rotatable bonds is 2. The molecule has 3 rings (SSSR count). The number of para-hydroxylation sites is 2. The molecule has 0 amide bonds. The average Bonchev–Trinajstić information content (AvgIpc) is 2.67. The zero-order chi connectivity index (χ0) is 16.8. The lowest BCUT2D eigenvalue weighted by molar-refractivity contribution is -0.521. The Labute approximate surface area is 140 Å². The predicted molar refractivity (Wildman–Crippen MR) is 99.0 cm³/mol. The summed E-state index contributed by atoms with van der Waals surface area (Å²) >= 11 is 0. The molecule has 23 heavy (non-hydrogen) atoms. The van der Waals surface area contributed by atoms with Crippen LogP contribution in [0.4, 0.5) is 11.4 Å². The van der Waals surface area contributed by atoms with E-state index in [1.807, 2.05) is 0 Å². The van der Waals surface area contributed by atoms with E-state index in [0.29, 0.717) is 0 Å². The van der Waals surface area contributed by atoms with Crippen LogP contribution >= 0.6 is 0 Å². The van der Waals surface area contributed by atoms with E-state index in [9.17, 15) is 0 Å². The molecule has 1 heterocycles. The Morgan fingerprint density at radius 1 is 0.783 bits per heavy atom. The maximum absolute atomic E-state index is 2.43. The monoisotopic (exact) mass is 307 g/mol. The third-order valence-corrected chi connectivity index (χ3v) is 5.68. The zero-order valence-electron chi connectivity index (χ0n) is 15.1. The molecule has 1 aliphatic rings. The highest BCUT2D eigenvalue weighted by Gasteiger charge is 2.57. The van der Waals surface area contributed by atoms with Gasteiger partial charge in [-0.25, -0.2) is 9.48 Å². The molecule has 2 nitrogen and oxygen atoms in total. The standard InChI is InChI=1S/C21H27N2/c1-16-11-7-9-13-18(16)22-15-23(21(5,6)20(22,3)4)19-14-10-8-12-17(19)2/h7-15H,1-6H3/q+1. The maximum atomic E-state index is 2.43.